The van der Waals surface area contributed by atoms with E-state index in [-0.39, 0.29) is 12.1 Å². The molecule has 5 heteroatoms. The van der Waals surface area contributed by atoms with Crippen LogP contribution in [0.25, 0.3) is 10.8 Å². The number of amides is 2. The number of urea groups is 1. The van der Waals surface area contributed by atoms with Crippen LogP contribution in [-0.2, 0) is 6.42 Å². The molecule has 120 valence electrons. The van der Waals surface area contributed by atoms with Gasteiger partial charge in [-0.2, -0.15) is 0 Å². The lowest BCUT2D eigenvalue weighted by atomic mass is 10.1. The molecule has 1 aliphatic carbocycles. The van der Waals surface area contributed by atoms with E-state index in [1.165, 1.54) is 11.1 Å². The Labute approximate surface area is 148 Å². The van der Waals surface area contributed by atoms with Crippen LogP contribution in [0.1, 0.15) is 23.6 Å². The van der Waals surface area contributed by atoms with Gasteiger partial charge in [-0.1, -0.05) is 34.1 Å². The Kier molecular flexibility index (Phi) is 3.94. The summed E-state index contributed by atoms with van der Waals surface area (Å²) in [4.78, 5) is 16.6. The lowest BCUT2D eigenvalue weighted by Gasteiger charge is -2.16. The van der Waals surface area contributed by atoms with Crippen LogP contribution in [0.4, 0.5) is 10.5 Å². The normalized spacial score (nSPS) is 16.0. The van der Waals surface area contributed by atoms with Crippen LogP contribution in [0.3, 0.4) is 0 Å². The molecule has 0 saturated heterocycles. The summed E-state index contributed by atoms with van der Waals surface area (Å²) in [5, 5.41) is 8.04. The third-order valence-corrected chi connectivity index (χ3v) is 4.91. The van der Waals surface area contributed by atoms with E-state index >= 15 is 0 Å². The number of carbonyl (C=O) groups is 1. The molecule has 1 unspecified atom stereocenters. The highest BCUT2D eigenvalue weighted by molar-refractivity contribution is 9.10. The van der Waals surface area contributed by atoms with Crippen molar-refractivity contribution >= 4 is 38.4 Å². The number of nitrogens with one attached hydrogen (secondary N) is 2. The minimum atomic E-state index is -0.180. The fourth-order valence-corrected chi connectivity index (χ4v) is 3.69. The van der Waals surface area contributed by atoms with Crippen LogP contribution in [0.15, 0.2) is 59.3 Å². The van der Waals surface area contributed by atoms with Gasteiger partial charge in [-0.05, 0) is 48.2 Å². The van der Waals surface area contributed by atoms with Crippen LogP contribution >= 0.6 is 15.9 Å². The van der Waals surface area contributed by atoms with Crippen molar-refractivity contribution in [3.63, 3.8) is 0 Å². The highest BCUT2D eigenvalue weighted by Gasteiger charge is 2.24. The third kappa shape index (κ3) is 2.87. The molecule has 0 saturated carbocycles. The second-order valence-corrected chi connectivity index (χ2v) is 6.85. The van der Waals surface area contributed by atoms with Crippen LogP contribution in [0.5, 0.6) is 0 Å². The van der Waals surface area contributed by atoms with E-state index in [0.29, 0.717) is 0 Å². The van der Waals surface area contributed by atoms with E-state index < -0.39 is 0 Å². The van der Waals surface area contributed by atoms with E-state index in [1.807, 2.05) is 30.3 Å². The lowest BCUT2D eigenvalue weighted by molar-refractivity contribution is 0.248. The van der Waals surface area contributed by atoms with Gasteiger partial charge in [0, 0.05) is 27.6 Å². The molecule has 1 aliphatic rings. The smallest absolute Gasteiger partial charge is 0.319 e. The summed E-state index contributed by atoms with van der Waals surface area (Å²) in [6, 6.07) is 13.8. The topological polar surface area (TPSA) is 54.0 Å². The quantitative estimate of drug-likeness (QED) is 0.669. The number of pyridine rings is 1. The van der Waals surface area contributed by atoms with Gasteiger partial charge in [0.2, 0.25) is 0 Å². The SMILES string of the molecule is O=C(Nc1cccc2cnccc12)NC1CCc2cc(Br)ccc21. The van der Waals surface area contributed by atoms with Crippen molar-refractivity contribution < 1.29 is 4.79 Å². The molecular formula is C19H16BrN3O. The zero-order valence-electron chi connectivity index (χ0n) is 12.9. The Bertz CT molecular complexity index is 920. The molecule has 1 heterocycles. The summed E-state index contributed by atoms with van der Waals surface area (Å²) in [5.74, 6) is 0. The van der Waals surface area contributed by atoms with Gasteiger partial charge in [0.15, 0.2) is 0 Å². The Hall–Kier alpha value is -2.40. The molecular weight excluding hydrogens is 366 g/mol. The number of rotatable bonds is 2. The molecule has 1 aromatic heterocycles. The molecule has 2 N–H and O–H groups in total. The van der Waals surface area contributed by atoms with Crippen molar-refractivity contribution in [1.29, 1.82) is 0 Å². The van der Waals surface area contributed by atoms with Gasteiger partial charge < -0.3 is 10.6 Å². The highest BCUT2D eigenvalue weighted by Crippen LogP contribution is 2.33. The molecule has 4 rings (SSSR count). The molecule has 0 aliphatic heterocycles. The number of halogens is 1. The fourth-order valence-electron chi connectivity index (χ4n) is 3.28. The maximum Gasteiger partial charge on any atom is 0.319 e. The number of aromatic nitrogens is 1. The molecule has 0 bridgehead atoms. The molecule has 0 spiro atoms. The number of hydrogen-bond donors (Lipinski definition) is 2. The fraction of sp³-hybridized carbons (Fsp3) is 0.158. The number of hydrogen-bond acceptors (Lipinski definition) is 2. The molecule has 24 heavy (non-hydrogen) atoms. The van der Waals surface area contributed by atoms with Gasteiger partial charge in [-0.15, -0.1) is 0 Å². The molecule has 2 amide bonds. The largest absolute Gasteiger partial charge is 0.331 e. The third-order valence-electron chi connectivity index (χ3n) is 4.42. The zero-order valence-corrected chi connectivity index (χ0v) is 14.5. The van der Waals surface area contributed by atoms with Crippen molar-refractivity contribution in [3.05, 3.63) is 70.5 Å². The van der Waals surface area contributed by atoms with Gasteiger partial charge >= 0.3 is 6.03 Å². The first-order chi connectivity index (χ1) is 11.7. The summed E-state index contributed by atoms with van der Waals surface area (Å²) in [6.07, 6.45) is 5.44. The number of nitrogens with zero attached hydrogens (tertiary/aromatic N) is 1. The Morgan fingerprint density at radius 1 is 1.21 bits per heavy atom. The van der Waals surface area contributed by atoms with Gasteiger partial charge in [0.1, 0.15) is 0 Å². The molecule has 4 nitrogen and oxygen atoms in total. The predicted molar refractivity (Wildman–Crippen MR) is 99.1 cm³/mol. The number of carbonyl (C=O) groups excluding carboxylic acids is 1. The predicted octanol–water partition coefficient (Wildman–Crippen LogP) is 4.81. The molecule has 0 radical (unpaired) electrons. The maximum atomic E-state index is 12.4. The van der Waals surface area contributed by atoms with Gasteiger partial charge in [-0.25, -0.2) is 4.79 Å². The van der Waals surface area contributed by atoms with Gasteiger partial charge in [0.25, 0.3) is 0 Å². The second kappa shape index (κ2) is 6.24. The Morgan fingerprint density at radius 2 is 2.12 bits per heavy atom. The minimum absolute atomic E-state index is 0.0599. The molecule has 1 atom stereocenters. The van der Waals surface area contributed by atoms with Crippen LogP contribution in [0.2, 0.25) is 0 Å². The first-order valence-corrected chi connectivity index (χ1v) is 8.68. The van der Waals surface area contributed by atoms with E-state index in [2.05, 4.69) is 43.7 Å². The summed E-state index contributed by atoms with van der Waals surface area (Å²) < 4.78 is 1.08. The molecule has 2 aromatic carbocycles. The Morgan fingerprint density at radius 3 is 3.04 bits per heavy atom. The van der Waals surface area contributed by atoms with Crippen LogP contribution in [0, 0.1) is 0 Å². The average molecular weight is 382 g/mol. The summed E-state index contributed by atoms with van der Waals surface area (Å²) >= 11 is 3.50. The standard InChI is InChI=1S/C19H16BrN3O/c20-14-5-6-15-12(10-14)4-7-18(15)23-19(24)22-17-3-1-2-13-11-21-9-8-16(13)17/h1-3,5-6,8-11,18H,4,7H2,(H2,22,23,24). The highest BCUT2D eigenvalue weighted by atomic mass is 79.9. The van der Waals surface area contributed by atoms with Crippen molar-refractivity contribution in [3.8, 4) is 0 Å². The number of fused-ring (bicyclic) bond motifs is 2. The van der Waals surface area contributed by atoms with E-state index in [9.17, 15) is 4.79 Å². The summed E-state index contributed by atoms with van der Waals surface area (Å²) in [6.45, 7) is 0. The summed E-state index contributed by atoms with van der Waals surface area (Å²) in [5.41, 5.74) is 3.29. The number of aryl methyl sites for hydroxylation is 1. The number of benzene rings is 2. The van der Waals surface area contributed by atoms with Crippen molar-refractivity contribution in [2.75, 3.05) is 5.32 Å². The van der Waals surface area contributed by atoms with Crippen molar-refractivity contribution in [2.24, 2.45) is 0 Å². The lowest BCUT2D eigenvalue weighted by Crippen LogP contribution is -2.31. The zero-order chi connectivity index (χ0) is 16.5. The van der Waals surface area contributed by atoms with E-state index in [0.717, 1.165) is 33.8 Å². The van der Waals surface area contributed by atoms with Crippen LogP contribution < -0.4 is 10.6 Å². The van der Waals surface area contributed by atoms with Crippen LogP contribution in [-0.4, -0.2) is 11.0 Å². The minimum Gasteiger partial charge on any atom is -0.331 e. The first-order valence-electron chi connectivity index (χ1n) is 7.89. The average Bonchev–Trinajstić information content (AvgIpc) is 2.97. The number of anilines is 1. The van der Waals surface area contributed by atoms with Gasteiger partial charge in [-0.3, -0.25) is 4.98 Å². The van der Waals surface area contributed by atoms with E-state index in [4.69, 9.17) is 0 Å². The Balaban J connectivity index is 1.52. The van der Waals surface area contributed by atoms with E-state index in [1.54, 1.807) is 12.4 Å². The molecule has 0 fully saturated rings. The second-order valence-electron chi connectivity index (χ2n) is 5.94. The maximum absolute atomic E-state index is 12.4. The van der Waals surface area contributed by atoms with Gasteiger partial charge in [0.05, 0.1) is 11.7 Å². The monoisotopic (exact) mass is 381 g/mol. The summed E-state index contributed by atoms with van der Waals surface area (Å²) in [7, 11) is 0. The molecule has 3 aromatic rings. The van der Waals surface area contributed by atoms with Crippen molar-refractivity contribution in [2.45, 2.75) is 18.9 Å². The first kappa shape index (κ1) is 15.1. The van der Waals surface area contributed by atoms with Crippen molar-refractivity contribution in [1.82, 2.24) is 10.3 Å².